The molecule has 2 rings (SSSR count). The lowest BCUT2D eigenvalue weighted by molar-refractivity contribution is 0.269. The molecule has 0 aliphatic rings. The van der Waals surface area contributed by atoms with Crippen molar-refractivity contribution in [3.63, 3.8) is 0 Å². The van der Waals surface area contributed by atoms with Gasteiger partial charge in [-0.25, -0.2) is 0 Å². The van der Waals surface area contributed by atoms with Crippen molar-refractivity contribution in [2.45, 2.75) is 46.3 Å². The predicted octanol–water partition coefficient (Wildman–Crippen LogP) is 4.25. The van der Waals surface area contributed by atoms with Gasteiger partial charge in [0.25, 0.3) is 0 Å². The molecule has 0 amide bonds. The zero-order valence-electron chi connectivity index (χ0n) is 14.3. The molecule has 0 bridgehead atoms. The Morgan fingerprint density at radius 3 is 2.30 bits per heavy atom. The van der Waals surface area contributed by atoms with E-state index in [9.17, 15) is 0 Å². The minimum Gasteiger partial charge on any atom is -0.490 e. The molecule has 124 valence electrons. The molecule has 3 heteroatoms. The summed E-state index contributed by atoms with van der Waals surface area (Å²) in [6.07, 6.45) is 1.92. The van der Waals surface area contributed by atoms with Crippen LogP contribution in [0.5, 0.6) is 11.5 Å². The van der Waals surface area contributed by atoms with Gasteiger partial charge in [-0.05, 0) is 56.9 Å². The van der Waals surface area contributed by atoms with Crippen molar-refractivity contribution in [1.29, 1.82) is 0 Å². The third-order valence-corrected chi connectivity index (χ3v) is 3.71. The standard InChI is InChI=1S/C20H27NO2/c1-4-22-20-13-17(10-7-16(3)21)11-12-19(20)23-14-18-8-5-15(2)6-9-18/h5-6,8-9,11-13,16H,4,7,10,14,21H2,1-3H3. The molecule has 0 spiro atoms. The van der Waals surface area contributed by atoms with Gasteiger partial charge in [0.05, 0.1) is 6.61 Å². The highest BCUT2D eigenvalue weighted by Gasteiger charge is 2.08. The second-order valence-corrected chi connectivity index (χ2v) is 6.00. The zero-order chi connectivity index (χ0) is 16.7. The molecule has 0 saturated carbocycles. The van der Waals surface area contributed by atoms with Crippen LogP contribution >= 0.6 is 0 Å². The van der Waals surface area contributed by atoms with Gasteiger partial charge in [-0.15, -0.1) is 0 Å². The third-order valence-electron chi connectivity index (χ3n) is 3.71. The summed E-state index contributed by atoms with van der Waals surface area (Å²) in [5.74, 6) is 1.60. The van der Waals surface area contributed by atoms with Gasteiger partial charge in [-0.2, -0.15) is 0 Å². The summed E-state index contributed by atoms with van der Waals surface area (Å²) in [5, 5.41) is 0. The first-order valence-electron chi connectivity index (χ1n) is 8.28. The topological polar surface area (TPSA) is 44.5 Å². The van der Waals surface area contributed by atoms with E-state index in [0.717, 1.165) is 29.9 Å². The van der Waals surface area contributed by atoms with Crippen LogP contribution in [0.3, 0.4) is 0 Å². The van der Waals surface area contributed by atoms with Crippen LogP contribution in [0.1, 0.15) is 37.0 Å². The number of ether oxygens (including phenoxy) is 2. The van der Waals surface area contributed by atoms with Crippen LogP contribution in [0.25, 0.3) is 0 Å². The van der Waals surface area contributed by atoms with E-state index >= 15 is 0 Å². The summed E-state index contributed by atoms with van der Waals surface area (Å²) >= 11 is 0. The maximum atomic E-state index is 5.95. The summed E-state index contributed by atoms with van der Waals surface area (Å²) in [4.78, 5) is 0. The SMILES string of the molecule is CCOc1cc(CCC(C)N)ccc1OCc1ccc(C)cc1. The average Bonchev–Trinajstić information content (AvgIpc) is 2.54. The number of benzene rings is 2. The van der Waals surface area contributed by atoms with E-state index in [4.69, 9.17) is 15.2 Å². The summed E-state index contributed by atoms with van der Waals surface area (Å²) in [7, 11) is 0. The molecule has 2 aromatic rings. The highest BCUT2D eigenvalue weighted by atomic mass is 16.5. The number of hydrogen-bond acceptors (Lipinski definition) is 3. The Hall–Kier alpha value is -2.00. The molecule has 1 unspecified atom stereocenters. The smallest absolute Gasteiger partial charge is 0.161 e. The van der Waals surface area contributed by atoms with Crippen LogP contribution in [0.2, 0.25) is 0 Å². The van der Waals surface area contributed by atoms with E-state index in [1.165, 1.54) is 11.1 Å². The molecule has 2 aromatic carbocycles. The van der Waals surface area contributed by atoms with Gasteiger partial charge >= 0.3 is 0 Å². The van der Waals surface area contributed by atoms with Crippen LogP contribution in [-0.2, 0) is 13.0 Å². The maximum absolute atomic E-state index is 5.95. The van der Waals surface area contributed by atoms with Gasteiger partial charge in [0.15, 0.2) is 11.5 Å². The molecule has 0 fully saturated rings. The van der Waals surface area contributed by atoms with Gasteiger partial charge in [0.2, 0.25) is 0 Å². The minimum atomic E-state index is 0.211. The van der Waals surface area contributed by atoms with Gasteiger partial charge in [0, 0.05) is 6.04 Å². The van der Waals surface area contributed by atoms with Crippen molar-refractivity contribution in [3.8, 4) is 11.5 Å². The first kappa shape index (κ1) is 17.4. The first-order chi connectivity index (χ1) is 11.1. The van der Waals surface area contributed by atoms with Crippen molar-refractivity contribution in [2.75, 3.05) is 6.61 Å². The minimum absolute atomic E-state index is 0.211. The van der Waals surface area contributed by atoms with Crippen molar-refractivity contribution in [3.05, 3.63) is 59.2 Å². The molecule has 0 heterocycles. The Labute approximate surface area is 139 Å². The largest absolute Gasteiger partial charge is 0.490 e. The molecule has 23 heavy (non-hydrogen) atoms. The lowest BCUT2D eigenvalue weighted by Gasteiger charge is -2.14. The molecular formula is C20H27NO2. The molecule has 0 saturated heterocycles. The van der Waals surface area contributed by atoms with E-state index in [1.54, 1.807) is 0 Å². The fraction of sp³-hybridized carbons (Fsp3) is 0.400. The van der Waals surface area contributed by atoms with E-state index in [2.05, 4.69) is 43.3 Å². The molecule has 3 nitrogen and oxygen atoms in total. The number of rotatable bonds is 8. The third kappa shape index (κ3) is 5.61. The Morgan fingerprint density at radius 2 is 1.65 bits per heavy atom. The monoisotopic (exact) mass is 313 g/mol. The second-order valence-electron chi connectivity index (χ2n) is 6.00. The average molecular weight is 313 g/mol. The molecule has 0 aromatic heterocycles. The number of aryl methyl sites for hydroxylation is 2. The summed E-state index contributed by atoms with van der Waals surface area (Å²) in [5.41, 5.74) is 9.47. The van der Waals surface area contributed by atoms with Crippen molar-refractivity contribution >= 4 is 0 Å². The van der Waals surface area contributed by atoms with Crippen LogP contribution < -0.4 is 15.2 Å². The van der Waals surface area contributed by atoms with E-state index < -0.39 is 0 Å². The van der Waals surface area contributed by atoms with Crippen molar-refractivity contribution < 1.29 is 9.47 Å². The predicted molar refractivity (Wildman–Crippen MR) is 95.1 cm³/mol. The Bertz CT molecular complexity index is 606. The van der Waals surface area contributed by atoms with Gasteiger partial charge in [-0.3, -0.25) is 0 Å². The molecular weight excluding hydrogens is 286 g/mol. The number of hydrogen-bond donors (Lipinski definition) is 1. The summed E-state index contributed by atoms with van der Waals surface area (Å²) in [6, 6.07) is 14.7. The molecule has 1 atom stereocenters. The lowest BCUT2D eigenvalue weighted by Crippen LogP contribution is -2.15. The first-order valence-corrected chi connectivity index (χ1v) is 8.28. The van der Waals surface area contributed by atoms with Gasteiger partial charge in [0.1, 0.15) is 6.61 Å². The van der Waals surface area contributed by atoms with E-state index in [1.807, 2.05) is 19.9 Å². The quantitative estimate of drug-likeness (QED) is 0.792. The maximum Gasteiger partial charge on any atom is 0.161 e. The Morgan fingerprint density at radius 1 is 0.957 bits per heavy atom. The molecule has 0 radical (unpaired) electrons. The fourth-order valence-electron chi connectivity index (χ4n) is 2.34. The zero-order valence-corrected chi connectivity index (χ0v) is 14.3. The Balaban J connectivity index is 2.05. The van der Waals surface area contributed by atoms with Crippen LogP contribution in [0, 0.1) is 6.92 Å². The molecule has 2 N–H and O–H groups in total. The van der Waals surface area contributed by atoms with Crippen LogP contribution in [0.4, 0.5) is 0 Å². The highest BCUT2D eigenvalue weighted by molar-refractivity contribution is 5.43. The summed E-state index contributed by atoms with van der Waals surface area (Å²) < 4.78 is 11.7. The van der Waals surface area contributed by atoms with E-state index in [0.29, 0.717) is 13.2 Å². The van der Waals surface area contributed by atoms with Crippen LogP contribution in [-0.4, -0.2) is 12.6 Å². The number of nitrogens with two attached hydrogens (primary N) is 1. The summed E-state index contributed by atoms with van der Waals surface area (Å²) in [6.45, 7) is 7.26. The van der Waals surface area contributed by atoms with Crippen LogP contribution in [0.15, 0.2) is 42.5 Å². The molecule has 0 aliphatic heterocycles. The lowest BCUT2D eigenvalue weighted by atomic mass is 10.1. The fourth-order valence-corrected chi connectivity index (χ4v) is 2.34. The van der Waals surface area contributed by atoms with E-state index in [-0.39, 0.29) is 6.04 Å². The Kier molecular flexibility index (Phi) is 6.48. The highest BCUT2D eigenvalue weighted by Crippen LogP contribution is 2.30. The van der Waals surface area contributed by atoms with Gasteiger partial charge < -0.3 is 15.2 Å². The van der Waals surface area contributed by atoms with Crippen molar-refractivity contribution in [1.82, 2.24) is 0 Å². The molecule has 0 aliphatic carbocycles. The van der Waals surface area contributed by atoms with Crippen molar-refractivity contribution in [2.24, 2.45) is 5.73 Å². The normalized spacial score (nSPS) is 12.0. The van der Waals surface area contributed by atoms with Gasteiger partial charge in [-0.1, -0.05) is 35.9 Å². The second kappa shape index (κ2) is 8.59.